The minimum Gasteiger partial charge on any atom is -0.0735 e. The van der Waals surface area contributed by atoms with Gasteiger partial charge in [-0.3, -0.25) is 0 Å². The van der Waals surface area contributed by atoms with Crippen molar-refractivity contribution in [1.82, 2.24) is 0 Å². The molecule has 3 aliphatic rings. The van der Waals surface area contributed by atoms with E-state index in [2.05, 4.69) is 27.7 Å². The zero-order chi connectivity index (χ0) is 10.8. The van der Waals surface area contributed by atoms with E-state index in [1.54, 1.807) is 5.57 Å². The van der Waals surface area contributed by atoms with Gasteiger partial charge in [0.05, 0.1) is 0 Å². The molecular formula is C15H24. The summed E-state index contributed by atoms with van der Waals surface area (Å²) in [6.07, 6.45) is 5.82. The maximum absolute atomic E-state index is 2.49. The van der Waals surface area contributed by atoms with Crippen molar-refractivity contribution < 1.29 is 0 Å². The highest BCUT2D eigenvalue weighted by Crippen LogP contribution is 2.69. The lowest BCUT2D eigenvalue weighted by molar-refractivity contribution is 0.351. The Morgan fingerprint density at radius 3 is 2.60 bits per heavy atom. The molecule has 0 aromatic carbocycles. The van der Waals surface area contributed by atoms with Gasteiger partial charge in [0.1, 0.15) is 0 Å². The summed E-state index contributed by atoms with van der Waals surface area (Å²) < 4.78 is 0. The van der Waals surface area contributed by atoms with Crippen LogP contribution in [0.15, 0.2) is 11.1 Å². The monoisotopic (exact) mass is 204 g/mol. The van der Waals surface area contributed by atoms with Gasteiger partial charge in [-0.05, 0) is 61.7 Å². The Bertz CT molecular complexity index is 321. The van der Waals surface area contributed by atoms with Gasteiger partial charge in [-0.2, -0.15) is 0 Å². The second-order valence-electron chi connectivity index (χ2n) is 6.84. The van der Waals surface area contributed by atoms with Crippen molar-refractivity contribution in [3.63, 3.8) is 0 Å². The Morgan fingerprint density at radius 1 is 1.13 bits per heavy atom. The van der Waals surface area contributed by atoms with Crippen LogP contribution in [0.4, 0.5) is 0 Å². The molecule has 0 N–H and O–H groups in total. The van der Waals surface area contributed by atoms with Gasteiger partial charge >= 0.3 is 0 Å². The minimum absolute atomic E-state index is 0.638. The molecule has 3 aliphatic carbocycles. The fourth-order valence-electron chi connectivity index (χ4n) is 4.62. The van der Waals surface area contributed by atoms with E-state index in [4.69, 9.17) is 0 Å². The number of fused-ring (bicyclic) bond motifs is 3. The summed E-state index contributed by atoms with van der Waals surface area (Å²) in [5, 5.41) is 0. The van der Waals surface area contributed by atoms with E-state index >= 15 is 0 Å². The third-order valence-electron chi connectivity index (χ3n) is 5.73. The highest BCUT2D eigenvalue weighted by Gasteiger charge is 2.61. The first-order valence-electron chi connectivity index (χ1n) is 6.73. The van der Waals surface area contributed by atoms with Gasteiger partial charge in [-0.25, -0.2) is 0 Å². The number of hydrogen-bond donors (Lipinski definition) is 0. The Labute approximate surface area is 94.1 Å². The Hall–Kier alpha value is -0.260. The molecule has 0 spiro atoms. The molecule has 0 nitrogen and oxygen atoms in total. The Balaban J connectivity index is 2.00. The number of allylic oxidation sites excluding steroid dienone is 2. The Kier molecular flexibility index (Phi) is 1.92. The summed E-state index contributed by atoms with van der Waals surface area (Å²) in [4.78, 5) is 0. The standard InChI is InChI=1S/C15H24/c1-9-6-8-12-14(15(12,3)4)13-10(2)5-7-11(9)13/h9,11-12,14H,5-8H2,1-4H3/t9-,11?,12-,14-/m1/s1. The topological polar surface area (TPSA) is 0 Å². The van der Waals surface area contributed by atoms with E-state index in [1.807, 2.05) is 5.57 Å². The molecule has 4 atom stereocenters. The van der Waals surface area contributed by atoms with Gasteiger partial charge in [0.2, 0.25) is 0 Å². The molecule has 0 aromatic rings. The van der Waals surface area contributed by atoms with Crippen LogP contribution in [0.2, 0.25) is 0 Å². The van der Waals surface area contributed by atoms with Gasteiger partial charge in [-0.15, -0.1) is 0 Å². The summed E-state index contributed by atoms with van der Waals surface area (Å²) in [5.41, 5.74) is 4.31. The van der Waals surface area contributed by atoms with Crippen LogP contribution in [0.3, 0.4) is 0 Å². The summed E-state index contributed by atoms with van der Waals surface area (Å²) in [6, 6.07) is 0. The van der Waals surface area contributed by atoms with Crippen molar-refractivity contribution in [2.75, 3.05) is 0 Å². The molecule has 0 heteroatoms. The third kappa shape index (κ3) is 1.20. The predicted molar refractivity (Wildman–Crippen MR) is 64.6 cm³/mol. The van der Waals surface area contributed by atoms with Crippen molar-refractivity contribution in [2.24, 2.45) is 29.1 Å². The molecule has 15 heavy (non-hydrogen) atoms. The molecule has 0 aromatic heterocycles. The molecule has 0 bridgehead atoms. The fourth-order valence-corrected chi connectivity index (χ4v) is 4.62. The molecule has 0 heterocycles. The largest absolute Gasteiger partial charge is 0.0735 e. The van der Waals surface area contributed by atoms with Crippen molar-refractivity contribution in [2.45, 2.75) is 53.4 Å². The van der Waals surface area contributed by atoms with E-state index in [0.29, 0.717) is 5.41 Å². The van der Waals surface area contributed by atoms with E-state index in [0.717, 1.165) is 23.7 Å². The molecule has 2 saturated carbocycles. The van der Waals surface area contributed by atoms with E-state index in [-0.39, 0.29) is 0 Å². The second-order valence-corrected chi connectivity index (χ2v) is 6.84. The molecule has 0 aliphatic heterocycles. The van der Waals surface area contributed by atoms with Gasteiger partial charge in [0, 0.05) is 0 Å². The van der Waals surface area contributed by atoms with Crippen LogP contribution in [-0.2, 0) is 0 Å². The van der Waals surface area contributed by atoms with Gasteiger partial charge in [-0.1, -0.05) is 31.9 Å². The minimum atomic E-state index is 0.638. The zero-order valence-corrected chi connectivity index (χ0v) is 10.6. The molecule has 3 rings (SSSR count). The highest BCUT2D eigenvalue weighted by atomic mass is 14.7. The first-order chi connectivity index (χ1) is 7.03. The van der Waals surface area contributed by atoms with Gasteiger partial charge < -0.3 is 0 Å². The van der Waals surface area contributed by atoms with Crippen LogP contribution in [-0.4, -0.2) is 0 Å². The lowest BCUT2D eigenvalue weighted by atomic mass is 9.82. The average Bonchev–Trinajstić information content (AvgIpc) is 2.55. The highest BCUT2D eigenvalue weighted by molar-refractivity contribution is 5.34. The smallest absolute Gasteiger partial charge is 0.0110 e. The first-order valence-corrected chi connectivity index (χ1v) is 6.73. The summed E-state index contributed by atoms with van der Waals surface area (Å²) >= 11 is 0. The van der Waals surface area contributed by atoms with Crippen LogP contribution >= 0.6 is 0 Å². The van der Waals surface area contributed by atoms with Crippen LogP contribution in [0.5, 0.6) is 0 Å². The van der Waals surface area contributed by atoms with Gasteiger partial charge in [0.25, 0.3) is 0 Å². The molecule has 1 unspecified atom stereocenters. The molecule has 0 saturated heterocycles. The molecular weight excluding hydrogens is 180 g/mol. The SMILES string of the molecule is CC1=C2C(CC1)[C@H](C)CC[C@@H]1[C@H]2C1(C)C. The quantitative estimate of drug-likeness (QED) is 0.513. The van der Waals surface area contributed by atoms with Crippen molar-refractivity contribution >= 4 is 0 Å². The second kappa shape index (κ2) is 2.90. The van der Waals surface area contributed by atoms with Crippen LogP contribution < -0.4 is 0 Å². The van der Waals surface area contributed by atoms with Gasteiger partial charge in [0.15, 0.2) is 0 Å². The molecule has 0 amide bonds. The summed E-state index contributed by atoms with van der Waals surface area (Å²) in [7, 11) is 0. The van der Waals surface area contributed by atoms with Crippen molar-refractivity contribution in [1.29, 1.82) is 0 Å². The van der Waals surface area contributed by atoms with E-state index in [9.17, 15) is 0 Å². The van der Waals surface area contributed by atoms with Crippen molar-refractivity contribution in [3.05, 3.63) is 11.1 Å². The summed E-state index contributed by atoms with van der Waals surface area (Å²) in [6.45, 7) is 9.88. The van der Waals surface area contributed by atoms with E-state index < -0.39 is 0 Å². The first kappa shape index (κ1) is 9.93. The van der Waals surface area contributed by atoms with Crippen LogP contribution in [0.1, 0.15) is 53.4 Å². The van der Waals surface area contributed by atoms with E-state index in [1.165, 1.54) is 25.7 Å². The lowest BCUT2D eigenvalue weighted by Crippen LogP contribution is -2.13. The molecule has 2 fully saturated rings. The number of rotatable bonds is 0. The maximum Gasteiger partial charge on any atom is -0.0110 e. The number of hydrogen-bond acceptors (Lipinski definition) is 0. The zero-order valence-electron chi connectivity index (χ0n) is 10.6. The summed E-state index contributed by atoms with van der Waals surface area (Å²) in [5.74, 6) is 3.91. The average molecular weight is 204 g/mol. The Morgan fingerprint density at radius 2 is 1.87 bits per heavy atom. The maximum atomic E-state index is 2.49. The van der Waals surface area contributed by atoms with Crippen LogP contribution in [0, 0.1) is 29.1 Å². The molecule has 84 valence electrons. The third-order valence-corrected chi connectivity index (χ3v) is 5.73. The predicted octanol–water partition coefficient (Wildman–Crippen LogP) is 4.42. The normalized spacial score (nSPS) is 47.2. The molecule has 0 radical (unpaired) electrons. The lowest BCUT2D eigenvalue weighted by Gasteiger charge is -2.23. The van der Waals surface area contributed by atoms with Crippen molar-refractivity contribution in [3.8, 4) is 0 Å². The van der Waals surface area contributed by atoms with Crippen LogP contribution in [0.25, 0.3) is 0 Å². The fraction of sp³-hybridized carbons (Fsp3) is 0.867.